The SMILES string of the molecule is Cl.O=C(Nc1ccccc1)C1CCN(C(=O)C2CCCCN2)CC1. The van der Waals surface area contributed by atoms with Crippen molar-refractivity contribution in [3.05, 3.63) is 30.3 Å². The first-order valence-electron chi connectivity index (χ1n) is 8.62. The van der Waals surface area contributed by atoms with Gasteiger partial charge in [0.15, 0.2) is 0 Å². The molecule has 3 rings (SSSR count). The topological polar surface area (TPSA) is 61.4 Å². The first-order valence-corrected chi connectivity index (χ1v) is 8.62. The van der Waals surface area contributed by atoms with E-state index in [9.17, 15) is 9.59 Å². The number of hydrogen-bond donors (Lipinski definition) is 2. The molecule has 24 heavy (non-hydrogen) atoms. The van der Waals surface area contributed by atoms with Crippen molar-refractivity contribution in [1.29, 1.82) is 0 Å². The normalized spacial score (nSPS) is 21.7. The van der Waals surface area contributed by atoms with Gasteiger partial charge in [-0.3, -0.25) is 9.59 Å². The zero-order chi connectivity index (χ0) is 16.1. The minimum Gasteiger partial charge on any atom is -0.341 e. The van der Waals surface area contributed by atoms with E-state index in [0.717, 1.165) is 44.3 Å². The summed E-state index contributed by atoms with van der Waals surface area (Å²) in [6.07, 6.45) is 4.71. The number of anilines is 1. The number of benzene rings is 1. The maximum absolute atomic E-state index is 12.5. The molecule has 6 heteroatoms. The van der Waals surface area contributed by atoms with Gasteiger partial charge in [0, 0.05) is 24.7 Å². The predicted molar refractivity (Wildman–Crippen MR) is 97.3 cm³/mol. The molecule has 1 atom stereocenters. The average molecular weight is 352 g/mol. The molecular weight excluding hydrogens is 326 g/mol. The first-order chi connectivity index (χ1) is 11.2. The second kappa shape index (κ2) is 9.04. The maximum Gasteiger partial charge on any atom is 0.239 e. The van der Waals surface area contributed by atoms with Crippen LogP contribution in [0.1, 0.15) is 32.1 Å². The van der Waals surface area contributed by atoms with E-state index < -0.39 is 0 Å². The number of piperidine rings is 2. The lowest BCUT2D eigenvalue weighted by atomic mass is 9.94. The van der Waals surface area contributed by atoms with Gasteiger partial charge in [-0.05, 0) is 44.4 Å². The highest BCUT2D eigenvalue weighted by atomic mass is 35.5. The Balaban J connectivity index is 0.00000208. The summed E-state index contributed by atoms with van der Waals surface area (Å²) in [4.78, 5) is 26.7. The standard InChI is InChI=1S/C18H25N3O2.ClH/c22-17(20-15-6-2-1-3-7-15)14-9-12-21(13-10-14)18(23)16-8-4-5-11-19-16;/h1-3,6-7,14,16,19H,4-5,8-13H2,(H,20,22);1H. The van der Waals surface area contributed by atoms with Crippen molar-refractivity contribution in [2.24, 2.45) is 5.92 Å². The fraction of sp³-hybridized carbons (Fsp3) is 0.556. The van der Waals surface area contributed by atoms with Crippen LogP contribution in [0.5, 0.6) is 0 Å². The first kappa shape index (κ1) is 18.7. The number of halogens is 1. The van der Waals surface area contributed by atoms with E-state index in [4.69, 9.17) is 0 Å². The molecule has 2 aliphatic rings. The van der Waals surface area contributed by atoms with E-state index in [-0.39, 0.29) is 36.2 Å². The van der Waals surface area contributed by atoms with Gasteiger partial charge in [0.05, 0.1) is 6.04 Å². The molecule has 0 saturated carbocycles. The Bertz CT molecular complexity index is 538. The van der Waals surface area contributed by atoms with Crippen LogP contribution in [-0.2, 0) is 9.59 Å². The fourth-order valence-electron chi connectivity index (χ4n) is 3.41. The molecule has 0 radical (unpaired) electrons. The van der Waals surface area contributed by atoms with Gasteiger partial charge < -0.3 is 15.5 Å². The number of nitrogens with zero attached hydrogens (tertiary/aromatic N) is 1. The van der Waals surface area contributed by atoms with Crippen LogP contribution in [0.15, 0.2) is 30.3 Å². The van der Waals surface area contributed by atoms with E-state index in [1.54, 1.807) is 0 Å². The van der Waals surface area contributed by atoms with Crippen LogP contribution in [0, 0.1) is 5.92 Å². The zero-order valence-corrected chi connectivity index (χ0v) is 14.7. The second-order valence-corrected chi connectivity index (χ2v) is 6.46. The largest absolute Gasteiger partial charge is 0.341 e. The van der Waals surface area contributed by atoms with Crippen LogP contribution in [-0.4, -0.2) is 42.4 Å². The van der Waals surface area contributed by atoms with Gasteiger partial charge in [-0.1, -0.05) is 24.6 Å². The molecular formula is C18H26ClN3O2. The lowest BCUT2D eigenvalue weighted by Gasteiger charge is -2.35. The molecule has 2 aliphatic heterocycles. The third-order valence-corrected chi connectivity index (χ3v) is 4.83. The van der Waals surface area contributed by atoms with Crippen molar-refractivity contribution in [3.8, 4) is 0 Å². The zero-order valence-electron chi connectivity index (χ0n) is 13.9. The van der Waals surface area contributed by atoms with Crippen LogP contribution in [0.25, 0.3) is 0 Å². The summed E-state index contributed by atoms with van der Waals surface area (Å²) in [5.74, 6) is 0.282. The monoisotopic (exact) mass is 351 g/mol. The fourth-order valence-corrected chi connectivity index (χ4v) is 3.41. The molecule has 132 valence electrons. The van der Waals surface area contributed by atoms with Crippen LogP contribution in [0.3, 0.4) is 0 Å². The number of hydrogen-bond acceptors (Lipinski definition) is 3. The summed E-state index contributed by atoms with van der Waals surface area (Å²) in [5.41, 5.74) is 0.836. The van der Waals surface area contributed by atoms with E-state index >= 15 is 0 Å². The van der Waals surface area contributed by atoms with E-state index in [1.165, 1.54) is 0 Å². The second-order valence-electron chi connectivity index (χ2n) is 6.46. The third kappa shape index (κ3) is 4.71. The molecule has 1 aromatic rings. The number of amides is 2. The molecule has 2 saturated heterocycles. The number of carbonyl (C=O) groups is 2. The van der Waals surface area contributed by atoms with Crippen molar-refractivity contribution in [1.82, 2.24) is 10.2 Å². The molecule has 1 unspecified atom stereocenters. The Hall–Kier alpha value is -1.59. The van der Waals surface area contributed by atoms with Gasteiger partial charge in [0.1, 0.15) is 0 Å². The maximum atomic E-state index is 12.5. The Morgan fingerprint density at radius 3 is 2.38 bits per heavy atom. The summed E-state index contributed by atoms with van der Waals surface area (Å²) in [5, 5.41) is 6.28. The molecule has 0 bridgehead atoms. The van der Waals surface area contributed by atoms with E-state index in [1.807, 2.05) is 35.2 Å². The Kier molecular flexibility index (Phi) is 7.06. The summed E-state index contributed by atoms with van der Waals surface area (Å²) >= 11 is 0. The Labute approximate surface area is 149 Å². The van der Waals surface area contributed by atoms with Gasteiger partial charge in [-0.25, -0.2) is 0 Å². The number of rotatable bonds is 3. The summed E-state index contributed by atoms with van der Waals surface area (Å²) in [6, 6.07) is 9.52. The number of carbonyl (C=O) groups excluding carboxylic acids is 2. The van der Waals surface area contributed by atoms with Gasteiger partial charge in [-0.2, -0.15) is 0 Å². The number of para-hydroxylation sites is 1. The smallest absolute Gasteiger partial charge is 0.239 e. The Morgan fingerprint density at radius 2 is 1.75 bits per heavy atom. The van der Waals surface area contributed by atoms with Gasteiger partial charge in [-0.15, -0.1) is 12.4 Å². The Morgan fingerprint density at radius 1 is 1.04 bits per heavy atom. The van der Waals surface area contributed by atoms with Crippen molar-refractivity contribution in [2.75, 3.05) is 25.0 Å². The van der Waals surface area contributed by atoms with Crippen LogP contribution < -0.4 is 10.6 Å². The van der Waals surface area contributed by atoms with Crippen LogP contribution in [0.4, 0.5) is 5.69 Å². The highest BCUT2D eigenvalue weighted by Crippen LogP contribution is 2.21. The third-order valence-electron chi connectivity index (χ3n) is 4.83. The van der Waals surface area contributed by atoms with E-state index in [2.05, 4.69) is 10.6 Å². The summed E-state index contributed by atoms with van der Waals surface area (Å²) < 4.78 is 0. The average Bonchev–Trinajstić information content (AvgIpc) is 2.63. The van der Waals surface area contributed by atoms with E-state index in [0.29, 0.717) is 13.1 Å². The minimum absolute atomic E-state index is 0. The highest BCUT2D eigenvalue weighted by Gasteiger charge is 2.31. The molecule has 2 heterocycles. The predicted octanol–water partition coefficient (Wildman–Crippen LogP) is 2.43. The summed E-state index contributed by atoms with van der Waals surface area (Å²) in [7, 11) is 0. The summed E-state index contributed by atoms with van der Waals surface area (Å²) in [6.45, 7) is 2.31. The number of likely N-dealkylation sites (tertiary alicyclic amines) is 1. The van der Waals surface area contributed by atoms with Gasteiger partial charge in [0.2, 0.25) is 11.8 Å². The quantitative estimate of drug-likeness (QED) is 0.879. The van der Waals surface area contributed by atoms with Gasteiger partial charge >= 0.3 is 0 Å². The molecule has 1 aromatic carbocycles. The molecule has 0 aromatic heterocycles. The molecule has 0 spiro atoms. The van der Waals surface area contributed by atoms with Crippen molar-refractivity contribution >= 4 is 29.9 Å². The minimum atomic E-state index is -0.0153. The van der Waals surface area contributed by atoms with Crippen LogP contribution in [0.2, 0.25) is 0 Å². The molecule has 0 aliphatic carbocycles. The lowest BCUT2D eigenvalue weighted by Crippen LogP contribution is -2.51. The van der Waals surface area contributed by atoms with Crippen molar-refractivity contribution in [3.63, 3.8) is 0 Å². The molecule has 2 fully saturated rings. The molecule has 2 N–H and O–H groups in total. The lowest BCUT2D eigenvalue weighted by molar-refractivity contribution is -0.137. The molecule has 5 nitrogen and oxygen atoms in total. The number of nitrogens with one attached hydrogen (secondary N) is 2. The van der Waals surface area contributed by atoms with Crippen LogP contribution >= 0.6 is 12.4 Å². The van der Waals surface area contributed by atoms with Crippen molar-refractivity contribution in [2.45, 2.75) is 38.1 Å². The van der Waals surface area contributed by atoms with Crippen molar-refractivity contribution < 1.29 is 9.59 Å². The highest BCUT2D eigenvalue weighted by molar-refractivity contribution is 5.92. The van der Waals surface area contributed by atoms with Gasteiger partial charge in [0.25, 0.3) is 0 Å². The molecule has 2 amide bonds.